The summed E-state index contributed by atoms with van der Waals surface area (Å²) >= 11 is 1.38. The Labute approximate surface area is 145 Å². The smallest absolute Gasteiger partial charge is 0.277 e. The Morgan fingerprint density at radius 1 is 1.04 bits per heavy atom. The molecule has 0 saturated carbocycles. The molecule has 7 heteroatoms. The van der Waals surface area contributed by atoms with E-state index in [4.69, 9.17) is 8.94 Å². The monoisotopic (exact) mass is 344 g/mol. The van der Waals surface area contributed by atoms with E-state index in [2.05, 4.69) is 26.4 Å². The first-order valence-corrected chi connectivity index (χ1v) is 8.68. The van der Waals surface area contributed by atoms with Gasteiger partial charge in [0.05, 0.1) is 5.75 Å². The average Bonchev–Trinajstić information content (AvgIpc) is 3.13. The van der Waals surface area contributed by atoms with Crippen molar-refractivity contribution in [3.05, 3.63) is 41.0 Å². The Kier molecular flexibility index (Phi) is 4.45. The summed E-state index contributed by atoms with van der Waals surface area (Å²) in [6.07, 6.45) is 0. The first-order chi connectivity index (χ1) is 11.3. The van der Waals surface area contributed by atoms with Crippen LogP contribution in [0, 0.1) is 13.8 Å². The van der Waals surface area contributed by atoms with Crippen molar-refractivity contribution in [2.24, 2.45) is 0 Å². The molecule has 2 heterocycles. The molecule has 24 heavy (non-hydrogen) atoms. The fourth-order valence-electron chi connectivity index (χ4n) is 2.22. The van der Waals surface area contributed by atoms with Gasteiger partial charge in [0.1, 0.15) is 0 Å². The fraction of sp³-hybridized carbons (Fsp3) is 0.412. The highest BCUT2D eigenvalue weighted by Crippen LogP contribution is 2.27. The van der Waals surface area contributed by atoms with Crippen LogP contribution in [0.1, 0.15) is 43.6 Å². The Balaban J connectivity index is 1.69. The molecule has 126 valence electrons. The molecule has 0 saturated heterocycles. The maximum absolute atomic E-state index is 5.73. The lowest BCUT2D eigenvalue weighted by Gasteiger charge is -2.10. The summed E-state index contributed by atoms with van der Waals surface area (Å²) in [5, 5.41) is 12.7. The third kappa shape index (κ3) is 3.84. The van der Waals surface area contributed by atoms with Gasteiger partial charge in [0.2, 0.25) is 11.8 Å². The molecular weight excluding hydrogens is 324 g/mol. The summed E-state index contributed by atoms with van der Waals surface area (Å²) < 4.78 is 11.0. The number of aryl methyl sites for hydroxylation is 2. The van der Waals surface area contributed by atoms with Gasteiger partial charge in [0, 0.05) is 11.0 Å². The zero-order valence-corrected chi connectivity index (χ0v) is 15.3. The van der Waals surface area contributed by atoms with Crippen molar-refractivity contribution in [2.75, 3.05) is 0 Å². The third-order valence-electron chi connectivity index (χ3n) is 3.33. The SMILES string of the molecule is Cc1cc(C)cc(-c2nnc(SCc3nc(C(C)(C)C)no3)o2)c1. The van der Waals surface area contributed by atoms with E-state index in [9.17, 15) is 0 Å². The molecule has 0 radical (unpaired) electrons. The van der Waals surface area contributed by atoms with Gasteiger partial charge < -0.3 is 8.94 Å². The number of benzene rings is 1. The van der Waals surface area contributed by atoms with Crippen molar-refractivity contribution in [2.45, 2.75) is 51.0 Å². The lowest BCUT2D eigenvalue weighted by atomic mass is 9.96. The molecule has 0 aliphatic heterocycles. The highest BCUT2D eigenvalue weighted by Gasteiger charge is 2.21. The second-order valence-corrected chi connectivity index (χ2v) is 7.73. The van der Waals surface area contributed by atoms with Gasteiger partial charge in [-0.3, -0.25) is 0 Å². The Morgan fingerprint density at radius 3 is 2.38 bits per heavy atom. The number of hydrogen-bond donors (Lipinski definition) is 0. The van der Waals surface area contributed by atoms with Gasteiger partial charge in [0.15, 0.2) is 5.82 Å². The van der Waals surface area contributed by atoms with Crippen LogP contribution < -0.4 is 0 Å². The second-order valence-electron chi connectivity index (χ2n) is 6.80. The number of aromatic nitrogens is 4. The summed E-state index contributed by atoms with van der Waals surface area (Å²) in [4.78, 5) is 4.40. The van der Waals surface area contributed by atoms with Crippen molar-refractivity contribution >= 4 is 11.8 Å². The minimum atomic E-state index is -0.132. The Hall–Kier alpha value is -2.15. The van der Waals surface area contributed by atoms with Gasteiger partial charge in [-0.05, 0) is 26.0 Å². The Bertz CT molecular complexity index is 828. The van der Waals surface area contributed by atoms with Gasteiger partial charge >= 0.3 is 0 Å². The lowest BCUT2D eigenvalue weighted by Crippen LogP contribution is -2.13. The fourth-order valence-corrected chi connectivity index (χ4v) is 2.83. The van der Waals surface area contributed by atoms with Crippen LogP contribution in [-0.4, -0.2) is 20.3 Å². The summed E-state index contributed by atoms with van der Waals surface area (Å²) in [5.74, 6) is 2.26. The first kappa shape index (κ1) is 16.7. The van der Waals surface area contributed by atoms with Crippen LogP contribution in [0.4, 0.5) is 0 Å². The summed E-state index contributed by atoms with van der Waals surface area (Å²) in [7, 11) is 0. The highest BCUT2D eigenvalue weighted by molar-refractivity contribution is 7.98. The van der Waals surface area contributed by atoms with E-state index in [1.807, 2.05) is 46.8 Å². The van der Waals surface area contributed by atoms with Gasteiger partial charge in [-0.25, -0.2) is 0 Å². The molecule has 0 amide bonds. The number of hydrogen-bond acceptors (Lipinski definition) is 7. The van der Waals surface area contributed by atoms with Crippen molar-refractivity contribution < 1.29 is 8.94 Å². The van der Waals surface area contributed by atoms with Crippen LogP contribution in [0.25, 0.3) is 11.5 Å². The molecule has 0 unspecified atom stereocenters. The van der Waals surface area contributed by atoms with Crippen LogP contribution >= 0.6 is 11.8 Å². The third-order valence-corrected chi connectivity index (χ3v) is 4.14. The van der Waals surface area contributed by atoms with Crippen LogP contribution in [0.3, 0.4) is 0 Å². The minimum absolute atomic E-state index is 0.132. The zero-order valence-electron chi connectivity index (χ0n) is 14.5. The second kappa shape index (κ2) is 6.39. The summed E-state index contributed by atoms with van der Waals surface area (Å²) in [6.45, 7) is 10.2. The van der Waals surface area contributed by atoms with E-state index in [0.29, 0.717) is 28.6 Å². The van der Waals surface area contributed by atoms with Gasteiger partial charge in [-0.1, -0.05) is 54.9 Å². The van der Waals surface area contributed by atoms with Crippen LogP contribution in [0.5, 0.6) is 0 Å². The van der Waals surface area contributed by atoms with E-state index in [0.717, 1.165) is 16.7 Å². The van der Waals surface area contributed by atoms with Crippen LogP contribution in [-0.2, 0) is 11.2 Å². The van der Waals surface area contributed by atoms with Crippen LogP contribution in [0.2, 0.25) is 0 Å². The zero-order chi connectivity index (χ0) is 17.3. The Morgan fingerprint density at radius 2 is 1.75 bits per heavy atom. The molecule has 0 atom stereocenters. The van der Waals surface area contributed by atoms with Crippen molar-refractivity contribution in [3.8, 4) is 11.5 Å². The number of rotatable bonds is 4. The first-order valence-electron chi connectivity index (χ1n) is 7.69. The van der Waals surface area contributed by atoms with E-state index in [-0.39, 0.29) is 5.41 Å². The maximum Gasteiger partial charge on any atom is 0.277 e. The number of nitrogens with zero attached hydrogens (tertiary/aromatic N) is 4. The molecule has 0 N–H and O–H groups in total. The predicted molar refractivity (Wildman–Crippen MR) is 91.8 cm³/mol. The average molecular weight is 344 g/mol. The van der Waals surface area contributed by atoms with Gasteiger partial charge in [-0.2, -0.15) is 4.98 Å². The van der Waals surface area contributed by atoms with Crippen molar-refractivity contribution in [1.29, 1.82) is 0 Å². The van der Waals surface area contributed by atoms with Gasteiger partial charge in [0.25, 0.3) is 5.22 Å². The van der Waals surface area contributed by atoms with Gasteiger partial charge in [-0.15, -0.1) is 10.2 Å². The van der Waals surface area contributed by atoms with E-state index in [1.165, 1.54) is 11.8 Å². The molecule has 0 spiro atoms. The molecule has 0 fully saturated rings. The standard InChI is InChI=1S/C17H20N4O2S/c1-10-6-11(2)8-12(7-10)14-19-20-16(22-14)24-9-13-18-15(21-23-13)17(3,4)5/h6-8H,9H2,1-5H3. The topological polar surface area (TPSA) is 77.8 Å². The maximum atomic E-state index is 5.73. The van der Waals surface area contributed by atoms with Crippen molar-refractivity contribution in [1.82, 2.24) is 20.3 Å². The summed E-state index contributed by atoms with van der Waals surface area (Å²) in [6, 6.07) is 6.17. The van der Waals surface area contributed by atoms with E-state index >= 15 is 0 Å². The van der Waals surface area contributed by atoms with E-state index in [1.54, 1.807) is 0 Å². The largest absolute Gasteiger partial charge is 0.411 e. The van der Waals surface area contributed by atoms with Crippen molar-refractivity contribution in [3.63, 3.8) is 0 Å². The molecule has 1 aromatic carbocycles. The quantitative estimate of drug-likeness (QED) is 0.652. The molecule has 0 aliphatic rings. The molecule has 6 nitrogen and oxygen atoms in total. The molecule has 3 rings (SSSR count). The number of thioether (sulfide) groups is 1. The van der Waals surface area contributed by atoms with Crippen LogP contribution in [0.15, 0.2) is 32.4 Å². The van der Waals surface area contributed by atoms with E-state index < -0.39 is 0 Å². The highest BCUT2D eigenvalue weighted by atomic mass is 32.2. The molecular formula is C17H20N4O2S. The molecule has 0 aliphatic carbocycles. The predicted octanol–water partition coefficient (Wildman–Crippen LogP) is 4.33. The lowest BCUT2D eigenvalue weighted by molar-refractivity contribution is 0.372. The molecule has 0 bridgehead atoms. The molecule has 3 aromatic rings. The molecule has 2 aromatic heterocycles. The summed E-state index contributed by atoms with van der Waals surface area (Å²) in [5.41, 5.74) is 3.13. The normalized spacial score (nSPS) is 11.9. The minimum Gasteiger partial charge on any atom is -0.411 e.